The Balaban J connectivity index is 2.71. The first kappa shape index (κ1) is 19.4. The normalized spacial score (nSPS) is 12.1. The van der Waals surface area contributed by atoms with Crippen LogP contribution in [0, 0.1) is 0 Å². The highest BCUT2D eigenvalue weighted by Gasteiger charge is 2.35. The quantitative estimate of drug-likeness (QED) is 0.268. The van der Waals surface area contributed by atoms with Gasteiger partial charge in [0.2, 0.25) is 5.82 Å². The van der Waals surface area contributed by atoms with Gasteiger partial charge in [0.05, 0.1) is 6.61 Å². The third kappa shape index (κ3) is 6.62. The second-order valence-corrected chi connectivity index (χ2v) is 4.50. The summed E-state index contributed by atoms with van der Waals surface area (Å²) in [4.78, 5) is 25.3. The number of hydrogen-bond acceptors (Lipinski definition) is 7. The van der Waals surface area contributed by atoms with E-state index in [0.717, 1.165) is 0 Å². The van der Waals surface area contributed by atoms with E-state index in [9.17, 15) is 22.8 Å². The summed E-state index contributed by atoms with van der Waals surface area (Å²) in [6.07, 6.45) is -4.01. The summed E-state index contributed by atoms with van der Waals surface area (Å²) in [5, 5.41) is 17.2. The highest BCUT2D eigenvalue weighted by Crippen LogP contribution is 2.26. The number of hydrogen-bond donors (Lipinski definition) is 3. The van der Waals surface area contributed by atoms with Gasteiger partial charge in [0.15, 0.2) is 0 Å². The number of aromatic nitrogens is 3. The molecule has 0 aromatic carbocycles. The number of nitrogens with one attached hydrogen (secondary N) is 2. The van der Waals surface area contributed by atoms with E-state index in [0.29, 0.717) is 12.8 Å². The first-order valence-electron chi connectivity index (χ1n) is 6.95. The molecule has 1 aromatic rings. The molecule has 0 saturated heterocycles. The minimum absolute atomic E-state index is 0.0700. The molecule has 0 spiro atoms. The average Bonchev–Trinajstić information content (AvgIpc) is 2.95. The van der Waals surface area contributed by atoms with Gasteiger partial charge in [0, 0.05) is 6.42 Å². The molecule has 24 heavy (non-hydrogen) atoms. The summed E-state index contributed by atoms with van der Waals surface area (Å²) in [5.74, 6) is -3.50. The first-order chi connectivity index (χ1) is 11.2. The molecule has 1 rings (SSSR count). The van der Waals surface area contributed by atoms with Crippen LogP contribution in [0.25, 0.3) is 0 Å². The number of hydrazone groups is 1. The molecule has 0 aliphatic heterocycles. The maximum absolute atomic E-state index is 12.4. The summed E-state index contributed by atoms with van der Waals surface area (Å²) >= 11 is 0. The number of anilines is 1. The van der Waals surface area contributed by atoms with Crippen LogP contribution in [0.4, 0.5) is 19.1 Å². The highest BCUT2D eigenvalue weighted by molar-refractivity contribution is 6.36. The lowest BCUT2D eigenvalue weighted by molar-refractivity contribution is -0.144. The molecule has 3 N–H and O–H groups in total. The molecule has 1 aromatic heterocycles. The van der Waals surface area contributed by atoms with Gasteiger partial charge in [0.25, 0.3) is 5.95 Å². The van der Waals surface area contributed by atoms with Crippen LogP contribution in [-0.4, -0.2) is 44.5 Å². The van der Waals surface area contributed by atoms with Crippen molar-refractivity contribution < 1.29 is 32.6 Å². The Morgan fingerprint density at radius 2 is 2.00 bits per heavy atom. The Bertz CT molecular complexity index is 600. The molecule has 134 valence electrons. The van der Waals surface area contributed by atoms with E-state index in [1.807, 2.05) is 0 Å². The van der Waals surface area contributed by atoms with Gasteiger partial charge in [-0.05, 0) is 26.2 Å². The minimum atomic E-state index is -4.68. The lowest BCUT2D eigenvalue weighted by Crippen LogP contribution is -2.19. The Morgan fingerprint density at radius 1 is 1.33 bits per heavy atom. The van der Waals surface area contributed by atoms with Gasteiger partial charge >= 0.3 is 18.1 Å². The van der Waals surface area contributed by atoms with E-state index < -0.39 is 29.9 Å². The number of halogens is 3. The fourth-order valence-corrected chi connectivity index (χ4v) is 1.54. The van der Waals surface area contributed by atoms with Gasteiger partial charge in [0.1, 0.15) is 5.71 Å². The van der Waals surface area contributed by atoms with Gasteiger partial charge in [-0.2, -0.15) is 23.3 Å². The zero-order valence-electron chi connectivity index (χ0n) is 12.7. The lowest BCUT2D eigenvalue weighted by Gasteiger charge is -2.05. The van der Waals surface area contributed by atoms with Crippen molar-refractivity contribution in [2.45, 2.75) is 38.8 Å². The molecular formula is C12H16F3N5O4. The molecule has 0 radical (unpaired) electrons. The first-order valence-corrected chi connectivity index (χ1v) is 6.95. The monoisotopic (exact) mass is 351 g/mol. The Labute approximate surface area is 134 Å². The molecule has 0 aliphatic carbocycles. The molecule has 0 saturated carbocycles. The maximum atomic E-state index is 12.4. The molecule has 12 heteroatoms. The highest BCUT2D eigenvalue weighted by atomic mass is 19.4. The molecule has 0 bridgehead atoms. The van der Waals surface area contributed by atoms with Crippen molar-refractivity contribution in [2.24, 2.45) is 5.10 Å². The second kappa shape index (κ2) is 8.84. The maximum Gasteiger partial charge on any atom is 0.451 e. The van der Waals surface area contributed by atoms with Crippen LogP contribution >= 0.6 is 0 Å². The van der Waals surface area contributed by atoms with Crippen molar-refractivity contribution in [3.05, 3.63) is 5.82 Å². The summed E-state index contributed by atoms with van der Waals surface area (Å²) in [5.41, 5.74) is 2.05. The van der Waals surface area contributed by atoms with Crippen molar-refractivity contribution in [2.75, 3.05) is 12.0 Å². The lowest BCUT2D eigenvalue weighted by atomic mass is 10.1. The number of aromatic amines is 1. The van der Waals surface area contributed by atoms with Crippen molar-refractivity contribution in [3.8, 4) is 0 Å². The predicted octanol–water partition coefficient (Wildman–Crippen LogP) is 1.80. The second-order valence-electron chi connectivity index (χ2n) is 4.50. The SMILES string of the molecule is CCOC(=O)/C(CCCCC(=O)O)=N\Nc1n[nH]c(C(F)(F)F)n1. The molecule has 9 nitrogen and oxygen atoms in total. The number of carboxylic acids is 1. The van der Waals surface area contributed by atoms with E-state index >= 15 is 0 Å². The van der Waals surface area contributed by atoms with Crippen LogP contribution in [0.5, 0.6) is 0 Å². The van der Waals surface area contributed by atoms with Crippen molar-refractivity contribution in [3.63, 3.8) is 0 Å². The van der Waals surface area contributed by atoms with E-state index in [1.54, 1.807) is 12.0 Å². The van der Waals surface area contributed by atoms with E-state index in [2.05, 4.69) is 20.6 Å². The van der Waals surface area contributed by atoms with Crippen molar-refractivity contribution >= 4 is 23.6 Å². The predicted molar refractivity (Wildman–Crippen MR) is 75.2 cm³/mol. The Kier molecular flexibility index (Phi) is 7.14. The molecule has 0 aliphatic rings. The third-order valence-corrected chi connectivity index (χ3v) is 2.61. The largest absolute Gasteiger partial charge is 0.481 e. The summed E-state index contributed by atoms with van der Waals surface area (Å²) in [7, 11) is 0. The number of carbonyl (C=O) groups is 2. The number of carbonyl (C=O) groups excluding carboxylic acids is 1. The minimum Gasteiger partial charge on any atom is -0.481 e. The van der Waals surface area contributed by atoms with Crippen LogP contribution in [0.2, 0.25) is 0 Å². The van der Waals surface area contributed by atoms with Crippen LogP contribution in [0.3, 0.4) is 0 Å². The van der Waals surface area contributed by atoms with Gasteiger partial charge in [-0.15, -0.1) is 5.10 Å². The number of esters is 1. The standard InChI is InChI=1S/C12H16F3N5O4/c1-2-24-9(23)7(5-3-4-6-8(21)22)17-19-11-16-10(18-20-11)12(13,14)15/h2-6H2,1H3,(H,21,22)(H2,16,18,19,20)/b17-7-. The van der Waals surface area contributed by atoms with Gasteiger partial charge in [-0.3, -0.25) is 9.89 Å². The zero-order chi connectivity index (χ0) is 18.2. The van der Waals surface area contributed by atoms with Gasteiger partial charge in [-0.1, -0.05) is 0 Å². The number of nitrogens with zero attached hydrogens (tertiary/aromatic N) is 3. The summed E-state index contributed by atoms with van der Waals surface area (Å²) in [6, 6.07) is 0. The van der Waals surface area contributed by atoms with Crippen molar-refractivity contribution in [1.82, 2.24) is 15.2 Å². The number of aliphatic carboxylic acids is 1. The fraction of sp³-hybridized carbons (Fsp3) is 0.583. The molecule has 0 unspecified atom stereocenters. The molecule has 0 fully saturated rings. The zero-order valence-corrected chi connectivity index (χ0v) is 12.7. The van der Waals surface area contributed by atoms with Crippen LogP contribution in [-0.2, 0) is 20.5 Å². The van der Waals surface area contributed by atoms with Crippen LogP contribution < -0.4 is 5.43 Å². The number of unbranched alkanes of at least 4 members (excludes halogenated alkanes) is 1. The number of alkyl halides is 3. The molecule has 1 heterocycles. The number of rotatable bonds is 9. The number of carboxylic acid groups (broad SMARTS) is 1. The van der Waals surface area contributed by atoms with Gasteiger partial charge < -0.3 is 9.84 Å². The summed E-state index contributed by atoms with van der Waals surface area (Å²) < 4.78 is 41.9. The third-order valence-electron chi connectivity index (χ3n) is 2.61. The van der Waals surface area contributed by atoms with E-state index in [1.165, 1.54) is 0 Å². The molecular weight excluding hydrogens is 335 g/mol. The van der Waals surface area contributed by atoms with Crippen LogP contribution in [0.15, 0.2) is 5.10 Å². The Hall–Kier alpha value is -2.66. The molecule has 0 amide bonds. The number of H-pyrrole nitrogens is 1. The van der Waals surface area contributed by atoms with E-state index in [4.69, 9.17) is 9.84 Å². The van der Waals surface area contributed by atoms with E-state index in [-0.39, 0.29) is 25.2 Å². The fourth-order valence-electron chi connectivity index (χ4n) is 1.54. The van der Waals surface area contributed by atoms with Crippen molar-refractivity contribution in [1.29, 1.82) is 0 Å². The smallest absolute Gasteiger partial charge is 0.451 e. The average molecular weight is 351 g/mol. The topological polar surface area (TPSA) is 130 Å². The van der Waals surface area contributed by atoms with Gasteiger partial charge in [-0.25, -0.2) is 10.2 Å². The molecule has 0 atom stereocenters. The Morgan fingerprint density at radius 3 is 2.54 bits per heavy atom. The number of ether oxygens (including phenoxy) is 1. The summed E-state index contributed by atoms with van der Waals surface area (Å²) in [6.45, 7) is 1.67. The van der Waals surface area contributed by atoms with Crippen LogP contribution in [0.1, 0.15) is 38.4 Å².